The third-order valence-electron chi connectivity index (χ3n) is 3.18. The Labute approximate surface area is 95.5 Å². The minimum atomic E-state index is -0.757. The highest BCUT2D eigenvalue weighted by atomic mass is 16.4. The summed E-state index contributed by atoms with van der Waals surface area (Å²) in [5, 5.41) is 9.17. The zero-order valence-electron chi connectivity index (χ0n) is 9.57. The fourth-order valence-corrected chi connectivity index (χ4v) is 2.32. The van der Waals surface area contributed by atoms with Gasteiger partial charge >= 0.3 is 5.97 Å². The highest BCUT2D eigenvalue weighted by Gasteiger charge is 2.22. The van der Waals surface area contributed by atoms with E-state index in [9.17, 15) is 4.79 Å². The average Bonchev–Trinajstić information content (AvgIpc) is 2.72. The first kappa shape index (κ1) is 11.1. The van der Waals surface area contributed by atoms with Gasteiger partial charge in [0.05, 0.1) is 11.6 Å². The molecule has 0 fully saturated rings. The van der Waals surface area contributed by atoms with E-state index >= 15 is 0 Å². The third kappa shape index (κ3) is 2.08. The van der Waals surface area contributed by atoms with Crippen LogP contribution in [0, 0.1) is 0 Å². The van der Waals surface area contributed by atoms with Gasteiger partial charge in [0.1, 0.15) is 0 Å². The number of hydrogen-bond donors (Lipinski definition) is 1. The molecule has 1 unspecified atom stereocenters. The van der Waals surface area contributed by atoms with Gasteiger partial charge in [-0.05, 0) is 37.3 Å². The quantitative estimate of drug-likeness (QED) is 0.846. The van der Waals surface area contributed by atoms with E-state index in [2.05, 4.69) is 11.1 Å². The smallest absolute Gasteiger partial charge is 0.312 e. The summed E-state index contributed by atoms with van der Waals surface area (Å²) in [6, 6.07) is 3.94. The van der Waals surface area contributed by atoms with Crippen molar-refractivity contribution in [2.75, 3.05) is 0 Å². The summed E-state index contributed by atoms with van der Waals surface area (Å²) in [5.41, 5.74) is 3.14. The lowest BCUT2D eigenvalue weighted by atomic mass is 9.98. The average molecular weight is 219 g/mol. The Morgan fingerprint density at radius 1 is 1.50 bits per heavy atom. The number of pyridine rings is 1. The summed E-state index contributed by atoms with van der Waals surface area (Å²) < 4.78 is 0. The summed E-state index contributed by atoms with van der Waals surface area (Å²) in [6.07, 6.45) is 4.78. The molecular formula is C13H17NO2. The number of carboxylic acid groups (broad SMARTS) is 1. The Morgan fingerprint density at radius 2 is 2.31 bits per heavy atom. The van der Waals surface area contributed by atoms with Crippen molar-refractivity contribution in [2.45, 2.75) is 44.9 Å². The molecule has 0 bridgehead atoms. The van der Waals surface area contributed by atoms with Gasteiger partial charge in [-0.1, -0.05) is 19.4 Å². The van der Waals surface area contributed by atoms with Crippen LogP contribution in [-0.2, 0) is 17.6 Å². The summed E-state index contributed by atoms with van der Waals surface area (Å²) in [6.45, 7) is 2.00. The van der Waals surface area contributed by atoms with Crippen LogP contribution >= 0.6 is 0 Å². The fraction of sp³-hybridized carbons (Fsp3) is 0.538. The van der Waals surface area contributed by atoms with Crippen LogP contribution < -0.4 is 0 Å². The van der Waals surface area contributed by atoms with E-state index in [1.165, 1.54) is 5.56 Å². The molecule has 1 aliphatic rings. The minimum Gasteiger partial charge on any atom is -0.481 e. The molecular weight excluding hydrogens is 202 g/mol. The monoisotopic (exact) mass is 219 g/mol. The standard InChI is InChI=1S/C13H17NO2/c1-2-4-10(13(15)16)12-8-7-9-5-3-6-11(9)14-12/h7-8,10H,2-6H2,1H3,(H,15,16). The Hall–Kier alpha value is -1.38. The van der Waals surface area contributed by atoms with E-state index in [1.54, 1.807) is 0 Å². The van der Waals surface area contributed by atoms with Crippen molar-refractivity contribution in [1.29, 1.82) is 0 Å². The van der Waals surface area contributed by atoms with Crippen molar-refractivity contribution in [3.05, 3.63) is 29.1 Å². The highest BCUT2D eigenvalue weighted by molar-refractivity contribution is 5.75. The van der Waals surface area contributed by atoms with Gasteiger partial charge in [0.25, 0.3) is 0 Å². The van der Waals surface area contributed by atoms with Gasteiger partial charge in [-0.25, -0.2) is 0 Å². The number of rotatable bonds is 4. The van der Waals surface area contributed by atoms with Gasteiger partial charge in [0.2, 0.25) is 0 Å². The predicted molar refractivity (Wildman–Crippen MR) is 61.5 cm³/mol. The van der Waals surface area contributed by atoms with Crippen molar-refractivity contribution < 1.29 is 9.90 Å². The zero-order chi connectivity index (χ0) is 11.5. The number of carbonyl (C=O) groups is 1. The molecule has 1 aliphatic carbocycles. The molecule has 1 atom stereocenters. The number of aryl methyl sites for hydroxylation is 2. The molecule has 0 radical (unpaired) electrons. The Morgan fingerprint density at radius 3 is 3.00 bits per heavy atom. The highest BCUT2D eigenvalue weighted by Crippen LogP contribution is 2.25. The molecule has 1 aromatic rings. The van der Waals surface area contributed by atoms with E-state index < -0.39 is 11.9 Å². The summed E-state index contributed by atoms with van der Waals surface area (Å²) in [5.74, 6) is -1.19. The Balaban J connectivity index is 2.28. The maximum absolute atomic E-state index is 11.2. The molecule has 0 saturated carbocycles. The van der Waals surface area contributed by atoms with Crippen LogP contribution in [0.2, 0.25) is 0 Å². The first-order chi connectivity index (χ1) is 7.72. The topological polar surface area (TPSA) is 50.2 Å². The van der Waals surface area contributed by atoms with Crippen LogP contribution in [-0.4, -0.2) is 16.1 Å². The first-order valence-electron chi connectivity index (χ1n) is 5.94. The number of aromatic nitrogens is 1. The van der Waals surface area contributed by atoms with Crippen LogP contribution in [0.3, 0.4) is 0 Å². The second-order valence-corrected chi connectivity index (χ2v) is 4.37. The molecule has 1 heterocycles. The van der Waals surface area contributed by atoms with Gasteiger partial charge in [0.15, 0.2) is 0 Å². The second-order valence-electron chi connectivity index (χ2n) is 4.37. The van der Waals surface area contributed by atoms with Crippen molar-refractivity contribution >= 4 is 5.97 Å². The van der Waals surface area contributed by atoms with Crippen LogP contribution in [0.5, 0.6) is 0 Å². The number of carboxylic acids is 1. The molecule has 16 heavy (non-hydrogen) atoms. The molecule has 2 rings (SSSR count). The minimum absolute atomic E-state index is 0.434. The maximum Gasteiger partial charge on any atom is 0.312 e. The lowest BCUT2D eigenvalue weighted by Gasteiger charge is -2.11. The molecule has 0 saturated heterocycles. The zero-order valence-corrected chi connectivity index (χ0v) is 9.57. The lowest BCUT2D eigenvalue weighted by molar-refractivity contribution is -0.139. The SMILES string of the molecule is CCCC(C(=O)O)c1ccc2c(n1)CCC2. The number of aliphatic carboxylic acids is 1. The number of hydrogen-bond acceptors (Lipinski definition) is 2. The number of nitrogens with zero attached hydrogens (tertiary/aromatic N) is 1. The summed E-state index contributed by atoms with van der Waals surface area (Å²) in [7, 11) is 0. The van der Waals surface area contributed by atoms with Crippen LogP contribution in [0.1, 0.15) is 49.1 Å². The van der Waals surface area contributed by atoms with E-state index in [-0.39, 0.29) is 0 Å². The van der Waals surface area contributed by atoms with E-state index in [0.29, 0.717) is 6.42 Å². The predicted octanol–water partition coefficient (Wildman–Crippen LogP) is 2.54. The van der Waals surface area contributed by atoms with Crippen molar-refractivity contribution in [3.63, 3.8) is 0 Å². The Bertz CT molecular complexity index is 401. The number of fused-ring (bicyclic) bond motifs is 1. The molecule has 0 amide bonds. The van der Waals surface area contributed by atoms with Crippen LogP contribution in [0.4, 0.5) is 0 Å². The van der Waals surface area contributed by atoms with Crippen molar-refractivity contribution in [2.24, 2.45) is 0 Å². The van der Waals surface area contributed by atoms with Crippen molar-refractivity contribution in [1.82, 2.24) is 4.98 Å². The van der Waals surface area contributed by atoms with Gasteiger partial charge in [-0.15, -0.1) is 0 Å². The maximum atomic E-state index is 11.2. The first-order valence-corrected chi connectivity index (χ1v) is 5.94. The summed E-state index contributed by atoms with van der Waals surface area (Å²) in [4.78, 5) is 15.7. The molecule has 1 N–H and O–H groups in total. The largest absolute Gasteiger partial charge is 0.481 e. The van der Waals surface area contributed by atoms with Gasteiger partial charge in [-0.3, -0.25) is 9.78 Å². The van der Waals surface area contributed by atoms with Crippen molar-refractivity contribution in [3.8, 4) is 0 Å². The molecule has 0 aliphatic heterocycles. The molecule has 0 spiro atoms. The Kier molecular flexibility index (Phi) is 3.22. The van der Waals surface area contributed by atoms with E-state index in [4.69, 9.17) is 5.11 Å². The molecule has 86 valence electrons. The lowest BCUT2D eigenvalue weighted by Crippen LogP contribution is -2.13. The normalized spacial score (nSPS) is 15.8. The van der Waals surface area contributed by atoms with Crippen LogP contribution in [0.25, 0.3) is 0 Å². The van der Waals surface area contributed by atoms with E-state index in [1.807, 2.05) is 13.0 Å². The molecule has 1 aromatic heterocycles. The van der Waals surface area contributed by atoms with E-state index in [0.717, 1.165) is 37.1 Å². The van der Waals surface area contributed by atoms with Gasteiger partial charge < -0.3 is 5.11 Å². The molecule has 3 nitrogen and oxygen atoms in total. The van der Waals surface area contributed by atoms with Crippen LogP contribution in [0.15, 0.2) is 12.1 Å². The third-order valence-corrected chi connectivity index (χ3v) is 3.18. The summed E-state index contributed by atoms with van der Waals surface area (Å²) >= 11 is 0. The van der Waals surface area contributed by atoms with Gasteiger partial charge in [0, 0.05) is 5.69 Å². The second kappa shape index (κ2) is 4.64. The molecule has 3 heteroatoms. The fourth-order valence-electron chi connectivity index (χ4n) is 2.32. The molecule has 0 aromatic carbocycles. The van der Waals surface area contributed by atoms with Gasteiger partial charge in [-0.2, -0.15) is 0 Å².